The third-order valence-electron chi connectivity index (χ3n) is 5.67. The van der Waals surface area contributed by atoms with Gasteiger partial charge in [-0.3, -0.25) is 19.3 Å². The molecule has 1 fully saturated rings. The molecule has 1 heterocycles. The number of hydrogen-bond donors (Lipinski definition) is 3. The summed E-state index contributed by atoms with van der Waals surface area (Å²) in [6.45, 7) is 4.66. The largest absolute Gasteiger partial charge is 0.345 e. The molecule has 3 rings (SSSR count). The van der Waals surface area contributed by atoms with Crippen molar-refractivity contribution >= 4 is 29.4 Å². The minimum atomic E-state index is -1.37. The molecule has 1 aliphatic heterocycles. The van der Waals surface area contributed by atoms with Gasteiger partial charge < -0.3 is 16.0 Å². The Labute approximate surface area is 185 Å². The van der Waals surface area contributed by atoms with Crippen LogP contribution in [0, 0.1) is 19.7 Å². The summed E-state index contributed by atoms with van der Waals surface area (Å²) in [4.78, 5) is 50.8. The number of urea groups is 1. The Morgan fingerprint density at radius 1 is 1.06 bits per heavy atom. The van der Waals surface area contributed by atoms with E-state index < -0.39 is 41.7 Å². The molecule has 1 aliphatic rings. The van der Waals surface area contributed by atoms with Gasteiger partial charge in [-0.25, -0.2) is 9.18 Å². The Morgan fingerprint density at radius 2 is 1.75 bits per heavy atom. The Hall–Kier alpha value is -3.75. The third kappa shape index (κ3) is 4.46. The molecule has 0 spiro atoms. The van der Waals surface area contributed by atoms with Gasteiger partial charge in [0.25, 0.3) is 5.91 Å². The number of rotatable bonds is 7. The monoisotopic (exact) mass is 440 g/mol. The van der Waals surface area contributed by atoms with Crippen LogP contribution in [0.15, 0.2) is 42.5 Å². The summed E-state index contributed by atoms with van der Waals surface area (Å²) >= 11 is 0. The van der Waals surface area contributed by atoms with Gasteiger partial charge in [0.1, 0.15) is 17.9 Å². The van der Waals surface area contributed by atoms with Crippen LogP contribution in [-0.4, -0.2) is 41.7 Å². The van der Waals surface area contributed by atoms with Gasteiger partial charge >= 0.3 is 6.03 Å². The van der Waals surface area contributed by atoms with E-state index in [9.17, 15) is 23.6 Å². The second-order valence-electron chi connectivity index (χ2n) is 7.66. The van der Waals surface area contributed by atoms with E-state index in [1.165, 1.54) is 24.3 Å². The summed E-state index contributed by atoms with van der Waals surface area (Å²) in [5.74, 6) is -2.16. The van der Waals surface area contributed by atoms with Crippen molar-refractivity contribution < 1.29 is 23.6 Å². The molecule has 0 aromatic heterocycles. The van der Waals surface area contributed by atoms with Gasteiger partial charge in [0.05, 0.1) is 6.54 Å². The van der Waals surface area contributed by atoms with Crippen LogP contribution in [0.3, 0.4) is 0 Å². The first-order chi connectivity index (χ1) is 15.2. The topological polar surface area (TPSA) is 108 Å². The summed E-state index contributed by atoms with van der Waals surface area (Å²) in [6, 6.07) is 10.0. The summed E-state index contributed by atoms with van der Waals surface area (Å²) < 4.78 is 13.3. The van der Waals surface area contributed by atoms with Gasteiger partial charge in [-0.2, -0.15) is 0 Å². The molecule has 0 radical (unpaired) electrons. The van der Waals surface area contributed by atoms with Crippen molar-refractivity contribution in [2.45, 2.75) is 32.7 Å². The normalized spacial score (nSPS) is 17.8. The Balaban J connectivity index is 1.61. The minimum absolute atomic E-state index is 0.222. The van der Waals surface area contributed by atoms with E-state index in [1.54, 1.807) is 13.0 Å². The highest BCUT2D eigenvalue weighted by atomic mass is 19.1. The number of carbonyl (C=O) groups excluding carboxylic acids is 4. The van der Waals surface area contributed by atoms with Gasteiger partial charge in [-0.05, 0) is 55.2 Å². The van der Waals surface area contributed by atoms with Crippen molar-refractivity contribution in [2.75, 3.05) is 18.4 Å². The third-order valence-corrected chi connectivity index (χ3v) is 5.67. The minimum Gasteiger partial charge on any atom is -0.345 e. The molecule has 168 valence electrons. The van der Waals surface area contributed by atoms with Gasteiger partial charge in [0, 0.05) is 5.69 Å². The van der Waals surface area contributed by atoms with Crippen molar-refractivity contribution in [1.82, 2.24) is 15.5 Å². The predicted octanol–water partition coefficient (Wildman–Crippen LogP) is 2.35. The molecular weight excluding hydrogens is 415 g/mol. The van der Waals surface area contributed by atoms with E-state index >= 15 is 0 Å². The number of hydrogen-bond acceptors (Lipinski definition) is 4. The molecule has 3 N–H and O–H groups in total. The highest BCUT2D eigenvalue weighted by Gasteiger charge is 2.51. The van der Waals surface area contributed by atoms with Crippen LogP contribution >= 0.6 is 0 Å². The molecule has 9 heteroatoms. The van der Waals surface area contributed by atoms with Crippen LogP contribution in [0.1, 0.15) is 30.0 Å². The van der Waals surface area contributed by atoms with Crippen molar-refractivity contribution in [3.05, 3.63) is 65.0 Å². The van der Waals surface area contributed by atoms with Crippen LogP contribution in [0.5, 0.6) is 0 Å². The number of amides is 5. The SMILES string of the molecule is CC[C@]1(c2ccc(F)cc2)NC(=O)N(CC(=O)NCC(=O)Nc2cccc(C)c2C)C1=O. The standard InChI is InChI=1S/C23H25FN4O4/c1-4-23(16-8-10-17(24)11-9-16)21(31)28(22(32)27-23)13-20(30)25-12-19(29)26-18-7-5-6-14(2)15(18)3/h5-11H,4,12-13H2,1-3H3,(H,25,30)(H,26,29)(H,27,32)/t23-/m1/s1. The maximum Gasteiger partial charge on any atom is 0.325 e. The maximum atomic E-state index is 13.3. The second kappa shape index (κ2) is 9.17. The molecule has 0 saturated carbocycles. The van der Waals surface area contributed by atoms with Crippen molar-refractivity contribution in [1.29, 1.82) is 0 Å². The van der Waals surface area contributed by atoms with Crippen LogP contribution in [0.4, 0.5) is 14.9 Å². The Morgan fingerprint density at radius 3 is 2.41 bits per heavy atom. The fraction of sp³-hybridized carbons (Fsp3) is 0.304. The quantitative estimate of drug-likeness (QED) is 0.575. The van der Waals surface area contributed by atoms with E-state index in [0.29, 0.717) is 11.3 Å². The lowest BCUT2D eigenvalue weighted by molar-refractivity contribution is -0.135. The summed E-state index contributed by atoms with van der Waals surface area (Å²) in [5.41, 5.74) is 1.64. The lowest BCUT2D eigenvalue weighted by Gasteiger charge is -2.25. The average molecular weight is 440 g/mol. The van der Waals surface area contributed by atoms with Gasteiger partial charge in [0.15, 0.2) is 0 Å². The van der Waals surface area contributed by atoms with Crippen LogP contribution in [0.2, 0.25) is 0 Å². The smallest absolute Gasteiger partial charge is 0.325 e. The lowest BCUT2D eigenvalue weighted by atomic mass is 9.87. The first-order valence-corrected chi connectivity index (χ1v) is 10.2. The predicted molar refractivity (Wildman–Crippen MR) is 116 cm³/mol. The lowest BCUT2D eigenvalue weighted by Crippen LogP contribution is -2.45. The van der Waals surface area contributed by atoms with E-state index in [1.807, 2.05) is 26.0 Å². The van der Waals surface area contributed by atoms with Crippen LogP contribution in [0.25, 0.3) is 0 Å². The van der Waals surface area contributed by atoms with Gasteiger partial charge in [0.2, 0.25) is 11.8 Å². The van der Waals surface area contributed by atoms with Crippen LogP contribution < -0.4 is 16.0 Å². The first-order valence-electron chi connectivity index (χ1n) is 10.2. The number of anilines is 1. The van der Waals surface area contributed by atoms with Crippen molar-refractivity contribution in [3.63, 3.8) is 0 Å². The number of nitrogens with zero attached hydrogens (tertiary/aromatic N) is 1. The zero-order chi connectivity index (χ0) is 23.5. The highest BCUT2D eigenvalue weighted by Crippen LogP contribution is 2.32. The molecule has 5 amide bonds. The number of benzene rings is 2. The maximum absolute atomic E-state index is 13.3. The zero-order valence-electron chi connectivity index (χ0n) is 18.1. The molecule has 8 nitrogen and oxygen atoms in total. The number of imide groups is 1. The Bertz CT molecular complexity index is 1070. The molecule has 2 aromatic rings. The average Bonchev–Trinajstić information content (AvgIpc) is 3.01. The van der Waals surface area contributed by atoms with E-state index in [-0.39, 0.29) is 13.0 Å². The molecule has 0 unspecified atom stereocenters. The second-order valence-corrected chi connectivity index (χ2v) is 7.66. The van der Waals surface area contributed by atoms with Crippen molar-refractivity contribution in [3.8, 4) is 0 Å². The molecule has 0 bridgehead atoms. The summed E-state index contributed by atoms with van der Waals surface area (Å²) in [5, 5.41) is 7.77. The molecule has 1 saturated heterocycles. The first kappa shape index (κ1) is 22.9. The number of halogens is 1. The fourth-order valence-corrected chi connectivity index (χ4v) is 3.60. The number of carbonyl (C=O) groups is 4. The zero-order valence-corrected chi connectivity index (χ0v) is 18.1. The summed E-state index contributed by atoms with van der Waals surface area (Å²) in [6.07, 6.45) is 0.222. The van der Waals surface area contributed by atoms with Crippen LogP contribution in [-0.2, 0) is 19.9 Å². The van der Waals surface area contributed by atoms with Gasteiger partial charge in [-0.15, -0.1) is 0 Å². The molecule has 0 aliphatic carbocycles. The molecule has 32 heavy (non-hydrogen) atoms. The number of nitrogens with one attached hydrogen (secondary N) is 3. The van der Waals surface area contributed by atoms with E-state index in [4.69, 9.17) is 0 Å². The number of aryl methyl sites for hydroxylation is 1. The Kier molecular flexibility index (Phi) is 6.57. The molecule has 2 aromatic carbocycles. The fourth-order valence-electron chi connectivity index (χ4n) is 3.60. The highest BCUT2D eigenvalue weighted by molar-refractivity contribution is 6.09. The van der Waals surface area contributed by atoms with E-state index in [2.05, 4.69) is 16.0 Å². The van der Waals surface area contributed by atoms with Crippen molar-refractivity contribution in [2.24, 2.45) is 0 Å². The molecular formula is C23H25FN4O4. The summed E-state index contributed by atoms with van der Waals surface area (Å²) in [7, 11) is 0. The van der Waals surface area contributed by atoms with Gasteiger partial charge in [-0.1, -0.05) is 31.2 Å². The molecule has 1 atom stereocenters. The van der Waals surface area contributed by atoms with E-state index in [0.717, 1.165) is 16.0 Å².